The average Bonchev–Trinajstić information content (AvgIpc) is 2.76. The number of nitrogens with one attached hydrogen (secondary N) is 1. The van der Waals surface area contributed by atoms with E-state index < -0.39 is 0 Å². The highest BCUT2D eigenvalue weighted by atomic mass is 16.5. The lowest BCUT2D eigenvalue weighted by Crippen LogP contribution is -2.29. The molecular formula is C13H17NO. The molecule has 0 saturated heterocycles. The summed E-state index contributed by atoms with van der Waals surface area (Å²) in [5.74, 6) is 1.20. The van der Waals surface area contributed by atoms with Crippen molar-refractivity contribution in [1.82, 2.24) is 5.32 Å². The monoisotopic (exact) mass is 203 g/mol. The van der Waals surface area contributed by atoms with E-state index >= 15 is 0 Å². The van der Waals surface area contributed by atoms with Gasteiger partial charge in [0.15, 0.2) is 0 Å². The van der Waals surface area contributed by atoms with Crippen LogP contribution in [0.15, 0.2) is 12.1 Å². The van der Waals surface area contributed by atoms with E-state index in [0.717, 1.165) is 32.4 Å². The summed E-state index contributed by atoms with van der Waals surface area (Å²) in [7, 11) is 0. The fourth-order valence-electron chi connectivity index (χ4n) is 2.76. The van der Waals surface area contributed by atoms with Crippen LogP contribution < -0.4 is 10.1 Å². The third kappa shape index (κ3) is 1.36. The zero-order chi connectivity index (χ0) is 10.3. The average molecular weight is 203 g/mol. The molecule has 0 aromatic heterocycles. The number of hydrogen-bond acceptors (Lipinski definition) is 2. The second kappa shape index (κ2) is 3.53. The van der Waals surface area contributed by atoms with Crippen LogP contribution in [0.2, 0.25) is 0 Å². The Morgan fingerprint density at radius 1 is 1.40 bits per heavy atom. The maximum atomic E-state index is 5.76. The van der Waals surface area contributed by atoms with Crippen LogP contribution in [0.25, 0.3) is 0 Å². The first kappa shape index (κ1) is 9.22. The molecule has 1 atom stereocenters. The van der Waals surface area contributed by atoms with Gasteiger partial charge in [0.1, 0.15) is 5.75 Å². The molecule has 0 radical (unpaired) electrons. The van der Waals surface area contributed by atoms with Gasteiger partial charge in [-0.2, -0.15) is 0 Å². The Morgan fingerprint density at radius 2 is 2.33 bits per heavy atom. The minimum Gasteiger partial charge on any atom is -0.493 e. The summed E-state index contributed by atoms with van der Waals surface area (Å²) in [6, 6.07) is 5.07. The molecule has 0 bridgehead atoms. The van der Waals surface area contributed by atoms with E-state index in [1.165, 1.54) is 22.4 Å². The van der Waals surface area contributed by atoms with Crippen molar-refractivity contribution in [2.75, 3.05) is 13.2 Å². The quantitative estimate of drug-likeness (QED) is 0.755. The van der Waals surface area contributed by atoms with Gasteiger partial charge in [0, 0.05) is 18.0 Å². The van der Waals surface area contributed by atoms with Gasteiger partial charge >= 0.3 is 0 Å². The van der Waals surface area contributed by atoms with Crippen molar-refractivity contribution in [3.05, 3.63) is 28.8 Å². The molecule has 2 heterocycles. The third-order valence-corrected chi connectivity index (χ3v) is 3.55. The topological polar surface area (TPSA) is 21.3 Å². The molecule has 0 saturated carbocycles. The summed E-state index contributed by atoms with van der Waals surface area (Å²) < 4.78 is 5.76. The van der Waals surface area contributed by atoms with Gasteiger partial charge in [-0.1, -0.05) is 19.1 Å². The van der Waals surface area contributed by atoms with Crippen molar-refractivity contribution in [2.24, 2.45) is 0 Å². The molecule has 0 fully saturated rings. The molecule has 2 aliphatic rings. The number of benzene rings is 1. The van der Waals surface area contributed by atoms with Gasteiger partial charge in [0.2, 0.25) is 0 Å². The van der Waals surface area contributed by atoms with E-state index in [2.05, 4.69) is 24.4 Å². The Bertz CT molecular complexity index is 386. The maximum absolute atomic E-state index is 5.76. The van der Waals surface area contributed by atoms with Crippen molar-refractivity contribution in [3.8, 4) is 5.75 Å². The molecule has 1 N–H and O–H groups in total. The van der Waals surface area contributed by atoms with Crippen molar-refractivity contribution in [3.63, 3.8) is 0 Å². The molecule has 0 amide bonds. The molecule has 0 spiro atoms. The minimum atomic E-state index is 0.531. The van der Waals surface area contributed by atoms with Gasteiger partial charge in [0.25, 0.3) is 0 Å². The number of hydrogen-bond donors (Lipinski definition) is 1. The molecule has 1 unspecified atom stereocenters. The summed E-state index contributed by atoms with van der Waals surface area (Å²) in [6.45, 7) is 4.20. The van der Waals surface area contributed by atoms with Crippen LogP contribution in [0.4, 0.5) is 0 Å². The van der Waals surface area contributed by atoms with Crippen molar-refractivity contribution in [2.45, 2.75) is 32.2 Å². The van der Waals surface area contributed by atoms with E-state index in [9.17, 15) is 0 Å². The highest BCUT2D eigenvalue weighted by Crippen LogP contribution is 2.37. The van der Waals surface area contributed by atoms with Crippen LogP contribution in [0.1, 0.15) is 36.1 Å². The molecule has 2 aliphatic heterocycles. The zero-order valence-electron chi connectivity index (χ0n) is 9.18. The highest BCUT2D eigenvalue weighted by molar-refractivity contribution is 5.50. The fraction of sp³-hybridized carbons (Fsp3) is 0.538. The lowest BCUT2D eigenvalue weighted by atomic mass is 9.90. The first-order chi connectivity index (χ1) is 7.40. The van der Waals surface area contributed by atoms with Crippen LogP contribution in [-0.2, 0) is 12.8 Å². The second-order valence-corrected chi connectivity index (χ2v) is 4.39. The molecule has 80 valence electrons. The van der Waals surface area contributed by atoms with Crippen LogP contribution in [0, 0.1) is 0 Å². The Labute approximate surface area is 90.6 Å². The van der Waals surface area contributed by atoms with Gasteiger partial charge in [-0.3, -0.25) is 0 Å². The van der Waals surface area contributed by atoms with Crippen LogP contribution in [0.3, 0.4) is 0 Å². The molecule has 3 rings (SSSR count). The van der Waals surface area contributed by atoms with Gasteiger partial charge in [-0.15, -0.1) is 0 Å². The van der Waals surface area contributed by atoms with Gasteiger partial charge in [-0.25, -0.2) is 0 Å². The predicted molar refractivity (Wildman–Crippen MR) is 60.4 cm³/mol. The van der Waals surface area contributed by atoms with Crippen molar-refractivity contribution < 1.29 is 4.74 Å². The Balaban J connectivity index is 2.11. The summed E-state index contributed by atoms with van der Waals surface area (Å²) in [5, 5.41) is 3.56. The number of ether oxygens (including phenoxy) is 1. The Hall–Kier alpha value is -1.02. The first-order valence-electron chi connectivity index (χ1n) is 5.91. The summed E-state index contributed by atoms with van der Waals surface area (Å²) in [4.78, 5) is 0. The molecule has 0 aliphatic carbocycles. The third-order valence-electron chi connectivity index (χ3n) is 3.55. The van der Waals surface area contributed by atoms with E-state index in [0.29, 0.717) is 6.04 Å². The van der Waals surface area contributed by atoms with Crippen molar-refractivity contribution in [1.29, 1.82) is 0 Å². The molecule has 1 aromatic rings. The van der Waals surface area contributed by atoms with Crippen molar-refractivity contribution >= 4 is 0 Å². The standard InChI is InChI=1S/C13H17NO/c1-2-12-10-4-3-9-6-8-15-13(9)11(10)5-7-14-12/h3-4,12,14H,2,5-8H2,1H3. The van der Waals surface area contributed by atoms with Crippen LogP contribution in [0.5, 0.6) is 5.75 Å². The van der Waals surface area contributed by atoms with E-state index in [1.807, 2.05) is 0 Å². The Kier molecular flexibility index (Phi) is 2.17. The van der Waals surface area contributed by atoms with E-state index in [-0.39, 0.29) is 0 Å². The van der Waals surface area contributed by atoms with Gasteiger partial charge < -0.3 is 10.1 Å². The summed E-state index contributed by atoms with van der Waals surface area (Å²) in [5.41, 5.74) is 4.34. The lowest BCUT2D eigenvalue weighted by Gasteiger charge is -2.27. The molecule has 2 heteroatoms. The highest BCUT2D eigenvalue weighted by Gasteiger charge is 2.25. The Morgan fingerprint density at radius 3 is 3.20 bits per heavy atom. The number of rotatable bonds is 1. The van der Waals surface area contributed by atoms with Crippen LogP contribution in [-0.4, -0.2) is 13.2 Å². The zero-order valence-corrected chi connectivity index (χ0v) is 9.18. The predicted octanol–water partition coefficient (Wildman–Crippen LogP) is 2.22. The van der Waals surface area contributed by atoms with Crippen LogP contribution >= 0.6 is 0 Å². The van der Waals surface area contributed by atoms with Gasteiger partial charge in [-0.05, 0) is 30.5 Å². The molecule has 15 heavy (non-hydrogen) atoms. The number of fused-ring (bicyclic) bond motifs is 3. The fourth-order valence-corrected chi connectivity index (χ4v) is 2.76. The summed E-state index contributed by atoms with van der Waals surface area (Å²) in [6.07, 6.45) is 3.37. The molecular weight excluding hydrogens is 186 g/mol. The van der Waals surface area contributed by atoms with E-state index in [4.69, 9.17) is 4.74 Å². The smallest absolute Gasteiger partial charge is 0.126 e. The summed E-state index contributed by atoms with van der Waals surface area (Å²) >= 11 is 0. The largest absolute Gasteiger partial charge is 0.493 e. The first-order valence-corrected chi connectivity index (χ1v) is 5.91. The molecule has 1 aromatic carbocycles. The normalized spacial score (nSPS) is 23.1. The molecule has 2 nitrogen and oxygen atoms in total. The van der Waals surface area contributed by atoms with Gasteiger partial charge in [0.05, 0.1) is 6.61 Å². The van der Waals surface area contributed by atoms with E-state index in [1.54, 1.807) is 0 Å². The maximum Gasteiger partial charge on any atom is 0.126 e. The lowest BCUT2D eigenvalue weighted by molar-refractivity contribution is 0.349. The minimum absolute atomic E-state index is 0.531. The SMILES string of the molecule is CCC1NCCc2c1ccc1c2OCC1. The second-order valence-electron chi connectivity index (χ2n) is 4.39.